The molecule has 1 spiro atoms. The molecule has 0 saturated heterocycles. The number of nitrogens with zero attached hydrogens (tertiary/aromatic N) is 1. The van der Waals surface area contributed by atoms with E-state index in [1.54, 1.807) is 11.9 Å². The number of thiocarbonyl (C=S) groups is 1. The maximum atomic E-state index is 12.6. The lowest BCUT2D eigenvalue weighted by Crippen LogP contribution is -2.58. The summed E-state index contributed by atoms with van der Waals surface area (Å²) in [5.74, 6) is -0.0712. The molecule has 2 N–H and O–H groups in total. The quantitative estimate of drug-likeness (QED) is 0.825. The summed E-state index contributed by atoms with van der Waals surface area (Å²) in [6.45, 7) is 0. The van der Waals surface area contributed by atoms with Crippen LogP contribution in [0.3, 0.4) is 0 Å². The van der Waals surface area contributed by atoms with E-state index in [0.717, 1.165) is 24.9 Å². The second-order valence-electron chi connectivity index (χ2n) is 5.76. The van der Waals surface area contributed by atoms with Gasteiger partial charge in [-0.25, -0.2) is 0 Å². The number of aliphatic hydroxyl groups excluding tert-OH is 1. The molecule has 1 heterocycles. The number of para-hydroxylation sites is 1. The first-order valence-corrected chi connectivity index (χ1v) is 7.51. The van der Waals surface area contributed by atoms with Gasteiger partial charge in [0.15, 0.2) is 0 Å². The number of likely N-dealkylation sites (N-methyl/N-ethyl adjacent to an activating group) is 1. The first kappa shape index (κ1) is 14.1. The van der Waals surface area contributed by atoms with Crippen molar-refractivity contribution in [3.05, 3.63) is 41.7 Å². The van der Waals surface area contributed by atoms with Crippen LogP contribution in [-0.2, 0) is 4.79 Å². The largest absolute Gasteiger partial charge is 0.511 e. The van der Waals surface area contributed by atoms with Crippen LogP contribution in [0.5, 0.6) is 0 Å². The molecule has 1 aromatic carbocycles. The number of nitrogens with one attached hydrogen (secondary N) is 1. The first-order valence-electron chi connectivity index (χ1n) is 7.10. The summed E-state index contributed by atoms with van der Waals surface area (Å²) >= 11 is 5.32. The van der Waals surface area contributed by atoms with Gasteiger partial charge in [-0.15, -0.1) is 0 Å². The first-order chi connectivity index (χ1) is 10.0. The Balaban J connectivity index is 1.85. The summed E-state index contributed by atoms with van der Waals surface area (Å²) in [6.07, 6.45) is 3.50. The highest BCUT2D eigenvalue weighted by atomic mass is 32.1. The molecule has 0 atom stereocenters. The number of amides is 1. The molecule has 1 aliphatic heterocycles. The highest BCUT2D eigenvalue weighted by molar-refractivity contribution is 7.81. The fraction of sp³-hybridized carbons (Fsp3) is 0.375. The van der Waals surface area contributed by atoms with Crippen LogP contribution >= 0.6 is 12.2 Å². The van der Waals surface area contributed by atoms with Crippen molar-refractivity contribution in [3.8, 4) is 0 Å². The van der Waals surface area contributed by atoms with Gasteiger partial charge in [-0.2, -0.15) is 0 Å². The molecule has 21 heavy (non-hydrogen) atoms. The highest BCUT2D eigenvalue weighted by Gasteiger charge is 2.48. The highest BCUT2D eigenvalue weighted by Crippen LogP contribution is 2.45. The van der Waals surface area contributed by atoms with E-state index in [4.69, 9.17) is 12.2 Å². The number of benzene rings is 1. The van der Waals surface area contributed by atoms with Crippen molar-refractivity contribution in [2.75, 3.05) is 12.4 Å². The average molecular weight is 302 g/mol. The van der Waals surface area contributed by atoms with Gasteiger partial charge in [-0.3, -0.25) is 4.79 Å². The van der Waals surface area contributed by atoms with Crippen molar-refractivity contribution in [1.29, 1.82) is 0 Å². The summed E-state index contributed by atoms with van der Waals surface area (Å²) in [6, 6.07) is 9.42. The maximum Gasteiger partial charge on any atom is 0.260 e. The summed E-state index contributed by atoms with van der Waals surface area (Å²) in [7, 11) is 1.80. The summed E-state index contributed by atoms with van der Waals surface area (Å²) < 4.78 is 0. The van der Waals surface area contributed by atoms with E-state index in [1.165, 1.54) is 0 Å². The van der Waals surface area contributed by atoms with Crippen LogP contribution in [0.25, 0.3) is 0 Å². The molecular formula is C16H18N2O2S. The molecule has 0 bridgehead atoms. The molecule has 1 saturated carbocycles. The van der Waals surface area contributed by atoms with E-state index in [-0.39, 0.29) is 27.8 Å². The van der Waals surface area contributed by atoms with Gasteiger partial charge in [0.2, 0.25) is 0 Å². The lowest BCUT2D eigenvalue weighted by molar-refractivity contribution is -0.136. The number of carbonyl (C=O) groups is 1. The molecule has 3 rings (SSSR count). The Labute approximate surface area is 129 Å². The molecule has 1 aliphatic carbocycles. The molecule has 2 aliphatic rings. The van der Waals surface area contributed by atoms with Crippen LogP contribution in [0.15, 0.2) is 41.7 Å². The Bertz CT molecular complexity index is 620. The number of carbonyl (C=O) groups excluding carboxylic acids is 1. The lowest BCUT2D eigenvalue weighted by Gasteiger charge is -2.51. The van der Waals surface area contributed by atoms with Gasteiger partial charge in [-0.1, -0.05) is 30.4 Å². The average Bonchev–Trinajstić information content (AvgIpc) is 2.42. The fourth-order valence-corrected chi connectivity index (χ4v) is 3.39. The maximum absolute atomic E-state index is 12.6. The monoisotopic (exact) mass is 302 g/mol. The third-order valence-corrected chi connectivity index (χ3v) is 4.86. The van der Waals surface area contributed by atoms with Crippen LogP contribution in [0.2, 0.25) is 0 Å². The molecule has 0 radical (unpaired) electrons. The van der Waals surface area contributed by atoms with E-state index in [2.05, 4.69) is 5.32 Å². The van der Waals surface area contributed by atoms with Crippen molar-refractivity contribution in [3.63, 3.8) is 0 Å². The number of rotatable bonds is 2. The van der Waals surface area contributed by atoms with Crippen molar-refractivity contribution >= 4 is 28.8 Å². The van der Waals surface area contributed by atoms with Crippen molar-refractivity contribution < 1.29 is 9.90 Å². The Morgan fingerprint density at radius 3 is 2.57 bits per heavy atom. The SMILES string of the molecule is CN1C(=O)C(C(=S)Nc2ccccc2)=C(O)CC12CCC2. The second kappa shape index (κ2) is 5.15. The zero-order valence-electron chi connectivity index (χ0n) is 11.9. The van der Waals surface area contributed by atoms with Crippen molar-refractivity contribution in [1.82, 2.24) is 4.90 Å². The third-order valence-electron chi connectivity index (χ3n) is 4.56. The lowest BCUT2D eigenvalue weighted by atomic mass is 9.70. The van der Waals surface area contributed by atoms with Crippen LogP contribution in [0.4, 0.5) is 5.69 Å². The Morgan fingerprint density at radius 2 is 2.00 bits per heavy atom. The third kappa shape index (κ3) is 2.31. The molecule has 0 unspecified atom stereocenters. The van der Waals surface area contributed by atoms with Gasteiger partial charge in [0.25, 0.3) is 5.91 Å². The minimum absolute atomic E-state index is 0.117. The smallest absolute Gasteiger partial charge is 0.260 e. The molecule has 0 aromatic heterocycles. The van der Waals surface area contributed by atoms with Gasteiger partial charge in [0.05, 0.1) is 0 Å². The fourth-order valence-electron chi connectivity index (χ4n) is 3.07. The predicted octanol–water partition coefficient (Wildman–Crippen LogP) is 3.02. The van der Waals surface area contributed by atoms with E-state index >= 15 is 0 Å². The molecule has 110 valence electrons. The summed E-state index contributed by atoms with van der Waals surface area (Å²) in [5.41, 5.74) is 0.851. The zero-order chi connectivity index (χ0) is 15.0. The van der Waals surface area contributed by atoms with Gasteiger partial charge in [0, 0.05) is 24.7 Å². The standard InChI is InChI=1S/C16H18N2O2S/c1-18-15(20)13(12(19)10-16(18)8-5-9-16)14(21)17-11-6-3-2-4-7-11/h2-4,6-7,19H,5,8-10H2,1H3,(H,17,21). The van der Waals surface area contributed by atoms with Crippen LogP contribution in [0, 0.1) is 0 Å². The Kier molecular flexibility index (Phi) is 3.45. The summed E-state index contributed by atoms with van der Waals surface area (Å²) in [4.78, 5) is 14.6. The predicted molar refractivity (Wildman–Crippen MR) is 86.3 cm³/mol. The normalized spacial score (nSPS) is 20.4. The van der Waals surface area contributed by atoms with Crippen LogP contribution in [0.1, 0.15) is 25.7 Å². The molecule has 1 amide bonds. The number of hydrogen-bond donors (Lipinski definition) is 2. The van der Waals surface area contributed by atoms with Gasteiger partial charge in [-0.05, 0) is 31.4 Å². The minimum atomic E-state index is -0.188. The van der Waals surface area contributed by atoms with Gasteiger partial charge < -0.3 is 15.3 Å². The van der Waals surface area contributed by atoms with Crippen molar-refractivity contribution in [2.24, 2.45) is 0 Å². The Morgan fingerprint density at radius 1 is 1.33 bits per heavy atom. The molecule has 4 nitrogen and oxygen atoms in total. The van der Waals surface area contributed by atoms with Gasteiger partial charge in [0.1, 0.15) is 16.3 Å². The second-order valence-corrected chi connectivity index (χ2v) is 6.17. The van der Waals surface area contributed by atoms with E-state index in [0.29, 0.717) is 6.42 Å². The number of hydrogen-bond acceptors (Lipinski definition) is 3. The topological polar surface area (TPSA) is 52.6 Å². The van der Waals surface area contributed by atoms with E-state index < -0.39 is 0 Å². The van der Waals surface area contributed by atoms with Crippen molar-refractivity contribution in [2.45, 2.75) is 31.2 Å². The molecule has 1 aromatic rings. The van der Waals surface area contributed by atoms with E-state index in [9.17, 15) is 9.90 Å². The molecular weight excluding hydrogens is 284 g/mol. The van der Waals surface area contributed by atoms with Gasteiger partial charge >= 0.3 is 0 Å². The number of anilines is 1. The number of aliphatic hydroxyl groups is 1. The van der Waals surface area contributed by atoms with E-state index in [1.807, 2.05) is 30.3 Å². The van der Waals surface area contributed by atoms with Crippen LogP contribution in [-0.4, -0.2) is 33.5 Å². The minimum Gasteiger partial charge on any atom is -0.511 e. The Hall–Kier alpha value is -1.88. The van der Waals surface area contributed by atoms with Crippen LogP contribution < -0.4 is 5.32 Å². The zero-order valence-corrected chi connectivity index (χ0v) is 12.7. The molecule has 1 fully saturated rings. The molecule has 5 heteroatoms. The summed E-state index contributed by atoms with van der Waals surface area (Å²) in [5, 5.41) is 13.3.